The minimum Gasteiger partial charge on any atom is -0.425 e. The van der Waals surface area contributed by atoms with E-state index in [1.165, 1.54) is 4.57 Å². The summed E-state index contributed by atoms with van der Waals surface area (Å²) in [5.74, 6) is 3.01. The molecule has 2 aromatic rings. The molecule has 1 fully saturated rings. The lowest BCUT2D eigenvalue weighted by Crippen LogP contribution is -2.44. The molecule has 3 N–H and O–H groups in total. The zero-order valence-corrected chi connectivity index (χ0v) is 22.4. The Kier molecular flexibility index (Phi) is 9.13. The van der Waals surface area contributed by atoms with Crippen LogP contribution < -0.4 is 20.7 Å². The number of hydrogen-bond acceptors (Lipinski definition) is 8. The number of carbonyl (C=O) groups excluding carboxylic acids is 2. The van der Waals surface area contributed by atoms with E-state index in [4.69, 9.17) is 15.5 Å². The maximum atomic E-state index is 12.3. The monoisotopic (exact) mass is 538 g/mol. The fourth-order valence-corrected chi connectivity index (χ4v) is 4.27. The molecule has 4 rings (SSSR count). The van der Waals surface area contributed by atoms with E-state index in [0.717, 1.165) is 18.7 Å². The van der Waals surface area contributed by atoms with Gasteiger partial charge in [0.05, 0.1) is 11.6 Å². The number of amidine groups is 1. The van der Waals surface area contributed by atoms with Crippen LogP contribution in [0.25, 0.3) is 0 Å². The Labute approximate surface area is 232 Å². The second kappa shape index (κ2) is 13.1. The second-order valence-corrected chi connectivity index (χ2v) is 9.04. The minimum absolute atomic E-state index is 0.0683. The molecule has 1 aromatic carbocycles. The summed E-state index contributed by atoms with van der Waals surface area (Å²) in [6.07, 6.45) is 8.72. The Hall–Kier alpha value is -5.13. The fraction of sp³-hybridized carbons (Fsp3) is 0.276. The zero-order chi connectivity index (χ0) is 28.5. The molecule has 0 atom stereocenters. The van der Waals surface area contributed by atoms with Crippen LogP contribution in [-0.2, 0) is 0 Å². The summed E-state index contributed by atoms with van der Waals surface area (Å²) < 4.78 is 7.71. The summed E-state index contributed by atoms with van der Waals surface area (Å²) in [5, 5.41) is 12.7. The number of nitrogens with zero attached hydrogens (tertiary/aromatic N) is 6. The number of amides is 1. The molecule has 0 radical (unpaired) electrons. The van der Waals surface area contributed by atoms with Crippen LogP contribution in [0.4, 0.5) is 11.8 Å². The highest BCUT2D eigenvalue weighted by Gasteiger charge is 2.24. The fourth-order valence-electron chi connectivity index (χ4n) is 4.27. The molecule has 1 aliphatic heterocycles. The van der Waals surface area contributed by atoms with E-state index < -0.39 is 5.91 Å². The first kappa shape index (κ1) is 27.9. The molecule has 11 nitrogen and oxygen atoms in total. The highest BCUT2D eigenvalue weighted by molar-refractivity contribution is 5.96. The molecule has 2 heterocycles. The molecule has 0 unspecified atom stereocenters. The van der Waals surface area contributed by atoms with Gasteiger partial charge in [-0.2, -0.15) is 15.2 Å². The number of anilines is 1. The van der Waals surface area contributed by atoms with E-state index in [1.807, 2.05) is 29.2 Å². The van der Waals surface area contributed by atoms with Gasteiger partial charge >= 0.3 is 0 Å². The van der Waals surface area contributed by atoms with Crippen LogP contribution in [0.15, 0.2) is 64.7 Å². The van der Waals surface area contributed by atoms with Crippen molar-refractivity contribution in [1.29, 1.82) is 5.26 Å². The number of nitrogens with two attached hydrogens (primary N) is 1. The number of primary amides is 1. The third-order valence-corrected chi connectivity index (χ3v) is 6.20. The molecule has 204 valence electrons. The summed E-state index contributed by atoms with van der Waals surface area (Å²) in [4.78, 5) is 37.5. The van der Waals surface area contributed by atoms with Crippen molar-refractivity contribution in [2.24, 2.45) is 10.7 Å². The van der Waals surface area contributed by atoms with E-state index in [0.29, 0.717) is 43.9 Å². The summed E-state index contributed by atoms with van der Waals surface area (Å²) in [6.45, 7) is 4.90. The molecule has 0 spiro atoms. The zero-order valence-electron chi connectivity index (χ0n) is 22.4. The molecule has 2 aliphatic rings. The number of hydrogen-bond donors (Lipinski definition) is 2. The number of allylic oxidation sites excluding steroid dienone is 4. The quantitative estimate of drug-likeness (QED) is 0.237. The van der Waals surface area contributed by atoms with Gasteiger partial charge < -0.3 is 25.6 Å². The molecule has 0 saturated carbocycles. The topological polar surface area (TPSA) is 142 Å². The number of rotatable bonds is 7. The van der Waals surface area contributed by atoms with Gasteiger partial charge in [0, 0.05) is 57.8 Å². The number of imidazole rings is 1. The predicted octanol–water partition coefficient (Wildman–Crippen LogP) is 2.37. The van der Waals surface area contributed by atoms with Crippen molar-refractivity contribution in [3.8, 4) is 23.8 Å². The van der Waals surface area contributed by atoms with Crippen LogP contribution in [0, 0.1) is 23.3 Å². The third-order valence-electron chi connectivity index (χ3n) is 6.20. The van der Waals surface area contributed by atoms with Crippen LogP contribution >= 0.6 is 0 Å². The molecule has 0 bridgehead atoms. The summed E-state index contributed by atoms with van der Waals surface area (Å²) in [5.41, 5.74) is 7.39. The number of aldehydes is 1. The highest BCUT2D eigenvalue weighted by Crippen LogP contribution is 2.26. The minimum atomic E-state index is -0.659. The standard InChI is InChI=1S/C29H30N8O3/c1-3-14-37-24(20-38)27(33-28(37)36-15-12-32-13-16-36)34-29(40-25-11-7-6-10-23(25)26(31)39)35(2)19-22-9-5-4-8-21(17-22)18-30/h4-7,9-11,17,20,32H,8,12-13,15-16,19H2,1-2H3,(H2,31,39)/b34-29+. The molecule has 11 heteroatoms. The van der Waals surface area contributed by atoms with E-state index in [1.54, 1.807) is 43.1 Å². The van der Waals surface area contributed by atoms with E-state index >= 15 is 0 Å². The second-order valence-electron chi connectivity index (χ2n) is 9.04. The largest absolute Gasteiger partial charge is 0.425 e. The molecule has 40 heavy (non-hydrogen) atoms. The van der Waals surface area contributed by atoms with Crippen molar-refractivity contribution in [1.82, 2.24) is 19.8 Å². The molecular weight excluding hydrogens is 508 g/mol. The smallest absolute Gasteiger partial charge is 0.299 e. The van der Waals surface area contributed by atoms with Gasteiger partial charge in [0.2, 0.25) is 5.95 Å². The number of piperazine rings is 1. The van der Waals surface area contributed by atoms with E-state index in [2.05, 4.69) is 28.3 Å². The lowest BCUT2D eigenvalue weighted by atomic mass is 10.1. The number of nitriles is 1. The summed E-state index contributed by atoms with van der Waals surface area (Å²) in [6, 6.07) is 11.8. The first-order chi connectivity index (χ1) is 19.4. The van der Waals surface area contributed by atoms with Gasteiger partial charge in [-0.05, 0) is 30.7 Å². The Morgan fingerprint density at radius 2 is 2.10 bits per heavy atom. The Balaban J connectivity index is 1.81. The highest BCUT2D eigenvalue weighted by atomic mass is 16.5. The number of nitrogens with one attached hydrogen (secondary N) is 1. The van der Waals surface area contributed by atoms with Crippen molar-refractivity contribution in [2.75, 3.05) is 44.7 Å². The normalized spacial score (nSPS) is 15.1. The molecular formula is C29H30N8O3. The average Bonchev–Trinajstić information content (AvgIpc) is 3.14. The van der Waals surface area contributed by atoms with Crippen LogP contribution in [0.5, 0.6) is 5.75 Å². The average molecular weight is 539 g/mol. The number of aromatic nitrogens is 2. The SMILES string of the molecule is CC#Cn1c(N2CCNCC2)nc(/N=C(/Oc2ccccc2C(N)=O)N(C)CC2=CC=CCC(C#N)=C2)c1C=O. The van der Waals surface area contributed by atoms with Crippen molar-refractivity contribution in [3.05, 3.63) is 71.0 Å². The number of para-hydroxylation sites is 1. The Morgan fingerprint density at radius 1 is 1.32 bits per heavy atom. The van der Waals surface area contributed by atoms with Gasteiger partial charge in [0.25, 0.3) is 11.9 Å². The Morgan fingerprint density at radius 3 is 2.80 bits per heavy atom. The number of ether oxygens (including phenoxy) is 1. The maximum Gasteiger partial charge on any atom is 0.299 e. The number of likely N-dealkylation sites (N-methyl/N-ethyl adjacent to an activating group) is 1. The van der Waals surface area contributed by atoms with Gasteiger partial charge in [0.1, 0.15) is 11.4 Å². The van der Waals surface area contributed by atoms with Crippen LogP contribution in [-0.4, -0.2) is 72.4 Å². The van der Waals surface area contributed by atoms with Crippen molar-refractivity contribution < 1.29 is 14.3 Å². The van der Waals surface area contributed by atoms with Gasteiger partial charge in [-0.25, -0.2) is 4.57 Å². The van der Waals surface area contributed by atoms with Gasteiger partial charge in [-0.3, -0.25) is 9.59 Å². The van der Waals surface area contributed by atoms with Crippen LogP contribution in [0.1, 0.15) is 34.2 Å². The van der Waals surface area contributed by atoms with Crippen LogP contribution in [0.2, 0.25) is 0 Å². The number of aliphatic imine (C=N–C) groups is 1. The lowest BCUT2D eigenvalue weighted by molar-refractivity contribution is 0.0997. The molecule has 1 aromatic heterocycles. The van der Waals surface area contributed by atoms with E-state index in [-0.39, 0.29) is 28.8 Å². The van der Waals surface area contributed by atoms with Gasteiger partial charge in [0.15, 0.2) is 12.1 Å². The predicted molar refractivity (Wildman–Crippen MR) is 152 cm³/mol. The summed E-state index contributed by atoms with van der Waals surface area (Å²) >= 11 is 0. The van der Waals surface area contributed by atoms with Gasteiger partial charge in [-0.15, -0.1) is 0 Å². The first-order valence-corrected chi connectivity index (χ1v) is 12.7. The molecule has 1 saturated heterocycles. The van der Waals surface area contributed by atoms with Crippen molar-refractivity contribution in [3.63, 3.8) is 0 Å². The van der Waals surface area contributed by atoms with Crippen LogP contribution in [0.3, 0.4) is 0 Å². The number of carbonyl (C=O) groups is 2. The third kappa shape index (κ3) is 6.46. The molecule has 1 amide bonds. The lowest BCUT2D eigenvalue weighted by Gasteiger charge is -2.27. The first-order valence-electron chi connectivity index (χ1n) is 12.7. The molecule has 1 aliphatic carbocycles. The van der Waals surface area contributed by atoms with Crippen molar-refractivity contribution >= 4 is 30.0 Å². The Bertz CT molecular complexity index is 1510. The summed E-state index contributed by atoms with van der Waals surface area (Å²) in [7, 11) is 1.75. The van der Waals surface area contributed by atoms with E-state index in [9.17, 15) is 14.9 Å². The van der Waals surface area contributed by atoms with Crippen molar-refractivity contribution in [2.45, 2.75) is 13.3 Å². The van der Waals surface area contributed by atoms with Gasteiger partial charge in [-0.1, -0.05) is 36.3 Å². The maximum absolute atomic E-state index is 12.3. The number of benzene rings is 1.